The van der Waals surface area contributed by atoms with Crippen molar-refractivity contribution in [2.24, 2.45) is 11.7 Å². The van der Waals surface area contributed by atoms with Gasteiger partial charge in [0.25, 0.3) is 0 Å². The lowest BCUT2D eigenvalue weighted by atomic mass is 9.99. The average Bonchev–Trinajstić information content (AvgIpc) is 2.39. The second-order valence-electron chi connectivity index (χ2n) is 4.90. The van der Waals surface area contributed by atoms with E-state index >= 15 is 0 Å². The molecular weight excluding hydrogens is 248 g/mol. The van der Waals surface area contributed by atoms with Crippen LogP contribution in [0.1, 0.15) is 18.4 Å². The van der Waals surface area contributed by atoms with Crippen LogP contribution >= 0.6 is 0 Å². The van der Waals surface area contributed by atoms with Crippen molar-refractivity contribution in [3.8, 4) is 0 Å². The lowest BCUT2D eigenvalue weighted by molar-refractivity contribution is 0.278. The highest BCUT2D eigenvalue weighted by molar-refractivity contribution is 7.89. The van der Waals surface area contributed by atoms with E-state index in [0.717, 1.165) is 18.4 Å². The summed E-state index contributed by atoms with van der Waals surface area (Å²) in [7, 11) is -3.32. The number of nitrogens with zero attached hydrogens (tertiary/aromatic N) is 1. The summed E-state index contributed by atoms with van der Waals surface area (Å²) in [5.41, 5.74) is 6.59. The highest BCUT2D eigenvalue weighted by atomic mass is 32.2. The average molecular weight is 268 g/mol. The summed E-state index contributed by atoms with van der Waals surface area (Å²) in [6.45, 7) is 3.72. The number of hydrogen-bond acceptors (Lipinski definition) is 3. The van der Waals surface area contributed by atoms with Gasteiger partial charge in [0.05, 0.1) is 4.90 Å². The zero-order valence-corrected chi connectivity index (χ0v) is 11.5. The molecule has 100 valence electrons. The molecule has 0 amide bonds. The zero-order chi connectivity index (χ0) is 13.2. The Morgan fingerprint density at radius 2 is 2.00 bits per heavy atom. The molecule has 2 rings (SSSR count). The monoisotopic (exact) mass is 268 g/mol. The van der Waals surface area contributed by atoms with Crippen molar-refractivity contribution in [2.45, 2.75) is 24.7 Å². The SMILES string of the molecule is Cc1cccc(S(=O)(=O)N2CCC(CN)CC2)c1. The molecule has 4 nitrogen and oxygen atoms in total. The number of rotatable bonds is 3. The summed E-state index contributed by atoms with van der Waals surface area (Å²) in [6, 6.07) is 7.08. The predicted molar refractivity (Wildman–Crippen MR) is 71.7 cm³/mol. The molecule has 0 radical (unpaired) electrons. The zero-order valence-electron chi connectivity index (χ0n) is 10.7. The van der Waals surface area contributed by atoms with E-state index in [2.05, 4.69) is 0 Å². The summed E-state index contributed by atoms with van der Waals surface area (Å²) in [6.07, 6.45) is 1.73. The fraction of sp³-hybridized carbons (Fsp3) is 0.538. The molecule has 1 saturated heterocycles. The van der Waals surface area contributed by atoms with E-state index in [1.54, 1.807) is 22.5 Å². The van der Waals surface area contributed by atoms with Crippen LogP contribution in [0.25, 0.3) is 0 Å². The third kappa shape index (κ3) is 2.74. The Kier molecular flexibility index (Phi) is 4.04. The van der Waals surface area contributed by atoms with Crippen LogP contribution in [0.3, 0.4) is 0 Å². The van der Waals surface area contributed by atoms with Gasteiger partial charge in [-0.05, 0) is 49.9 Å². The molecule has 0 saturated carbocycles. The quantitative estimate of drug-likeness (QED) is 0.900. The summed E-state index contributed by atoms with van der Waals surface area (Å²) >= 11 is 0. The van der Waals surface area contributed by atoms with Crippen LogP contribution < -0.4 is 5.73 Å². The number of benzene rings is 1. The molecule has 18 heavy (non-hydrogen) atoms. The fourth-order valence-corrected chi connectivity index (χ4v) is 3.89. The Bertz CT molecular complexity index is 505. The van der Waals surface area contributed by atoms with Crippen molar-refractivity contribution in [3.63, 3.8) is 0 Å². The summed E-state index contributed by atoms with van der Waals surface area (Å²) < 4.78 is 26.4. The van der Waals surface area contributed by atoms with Crippen LogP contribution in [0.2, 0.25) is 0 Å². The highest BCUT2D eigenvalue weighted by Crippen LogP contribution is 2.23. The van der Waals surface area contributed by atoms with Crippen LogP contribution in [0, 0.1) is 12.8 Å². The Balaban J connectivity index is 2.17. The van der Waals surface area contributed by atoms with Gasteiger partial charge in [0.1, 0.15) is 0 Å². The lowest BCUT2D eigenvalue weighted by Crippen LogP contribution is -2.40. The molecule has 1 aromatic rings. The van der Waals surface area contributed by atoms with Crippen molar-refractivity contribution in [1.82, 2.24) is 4.31 Å². The first-order chi connectivity index (χ1) is 8.54. The second kappa shape index (κ2) is 5.38. The number of nitrogens with two attached hydrogens (primary N) is 1. The van der Waals surface area contributed by atoms with E-state index in [1.165, 1.54) is 0 Å². The molecule has 1 aliphatic heterocycles. The van der Waals surface area contributed by atoms with E-state index in [4.69, 9.17) is 5.73 Å². The van der Waals surface area contributed by atoms with Gasteiger partial charge in [0.15, 0.2) is 0 Å². The minimum absolute atomic E-state index is 0.397. The van der Waals surface area contributed by atoms with Gasteiger partial charge in [-0.25, -0.2) is 8.42 Å². The maximum atomic E-state index is 12.4. The van der Waals surface area contributed by atoms with Crippen LogP contribution in [0.5, 0.6) is 0 Å². The molecule has 1 aliphatic rings. The van der Waals surface area contributed by atoms with Crippen molar-refractivity contribution in [1.29, 1.82) is 0 Å². The largest absolute Gasteiger partial charge is 0.330 e. The summed E-state index contributed by atoms with van der Waals surface area (Å²) in [5, 5.41) is 0. The second-order valence-corrected chi connectivity index (χ2v) is 6.84. The molecule has 1 fully saturated rings. The molecule has 2 N–H and O–H groups in total. The molecule has 1 aromatic carbocycles. The Morgan fingerprint density at radius 3 is 2.56 bits per heavy atom. The van der Waals surface area contributed by atoms with Crippen LogP contribution in [0.4, 0.5) is 0 Å². The topological polar surface area (TPSA) is 63.4 Å². The molecule has 0 unspecified atom stereocenters. The normalized spacial score (nSPS) is 19.0. The molecule has 0 atom stereocenters. The minimum Gasteiger partial charge on any atom is -0.330 e. The number of piperidine rings is 1. The summed E-state index contributed by atoms with van der Waals surface area (Å²) in [4.78, 5) is 0.397. The van der Waals surface area contributed by atoms with Crippen molar-refractivity contribution >= 4 is 10.0 Å². The van der Waals surface area contributed by atoms with E-state index in [9.17, 15) is 8.42 Å². The van der Waals surface area contributed by atoms with Gasteiger partial charge >= 0.3 is 0 Å². The number of hydrogen-bond donors (Lipinski definition) is 1. The number of aryl methyl sites for hydroxylation is 1. The molecule has 5 heteroatoms. The molecule has 1 heterocycles. The first kappa shape index (κ1) is 13.5. The first-order valence-electron chi connectivity index (χ1n) is 6.31. The molecule has 0 bridgehead atoms. The Labute approximate surface area is 109 Å². The van der Waals surface area contributed by atoms with Crippen molar-refractivity contribution in [2.75, 3.05) is 19.6 Å². The minimum atomic E-state index is -3.32. The number of sulfonamides is 1. The van der Waals surface area contributed by atoms with Gasteiger partial charge in [0, 0.05) is 13.1 Å². The smallest absolute Gasteiger partial charge is 0.243 e. The van der Waals surface area contributed by atoms with Crippen molar-refractivity contribution in [3.05, 3.63) is 29.8 Å². The van der Waals surface area contributed by atoms with Crippen LogP contribution in [0.15, 0.2) is 29.2 Å². The highest BCUT2D eigenvalue weighted by Gasteiger charge is 2.28. The summed E-state index contributed by atoms with van der Waals surface area (Å²) in [5.74, 6) is 0.467. The maximum Gasteiger partial charge on any atom is 0.243 e. The Morgan fingerprint density at radius 1 is 1.33 bits per heavy atom. The van der Waals surface area contributed by atoms with Crippen LogP contribution in [-0.2, 0) is 10.0 Å². The standard InChI is InChI=1S/C13H20N2O2S/c1-11-3-2-4-13(9-11)18(16,17)15-7-5-12(10-14)6-8-15/h2-4,9,12H,5-8,10,14H2,1H3. The van der Waals surface area contributed by atoms with Gasteiger partial charge in [-0.1, -0.05) is 12.1 Å². The van der Waals surface area contributed by atoms with Gasteiger partial charge in [-0.15, -0.1) is 0 Å². The van der Waals surface area contributed by atoms with Crippen LogP contribution in [-0.4, -0.2) is 32.4 Å². The fourth-order valence-electron chi connectivity index (χ4n) is 2.31. The molecule has 0 aliphatic carbocycles. The maximum absolute atomic E-state index is 12.4. The molecule has 0 aromatic heterocycles. The van der Waals surface area contributed by atoms with Gasteiger partial charge < -0.3 is 5.73 Å². The third-order valence-corrected chi connectivity index (χ3v) is 5.43. The Hall–Kier alpha value is -0.910. The predicted octanol–water partition coefficient (Wildman–Crippen LogP) is 1.35. The van der Waals surface area contributed by atoms with Gasteiger partial charge in [-0.3, -0.25) is 0 Å². The lowest BCUT2D eigenvalue weighted by Gasteiger charge is -2.30. The van der Waals surface area contributed by atoms with E-state index in [-0.39, 0.29) is 0 Å². The van der Waals surface area contributed by atoms with Crippen molar-refractivity contribution < 1.29 is 8.42 Å². The van der Waals surface area contributed by atoms with Gasteiger partial charge in [-0.2, -0.15) is 4.31 Å². The van der Waals surface area contributed by atoms with E-state index in [1.807, 2.05) is 13.0 Å². The van der Waals surface area contributed by atoms with E-state index in [0.29, 0.717) is 30.4 Å². The van der Waals surface area contributed by atoms with Gasteiger partial charge in [0.2, 0.25) is 10.0 Å². The molecular formula is C13H20N2O2S. The third-order valence-electron chi connectivity index (χ3n) is 3.53. The van der Waals surface area contributed by atoms with E-state index < -0.39 is 10.0 Å². The molecule has 0 spiro atoms. The first-order valence-corrected chi connectivity index (χ1v) is 7.75.